The van der Waals surface area contributed by atoms with E-state index in [1.165, 1.54) is 7.11 Å². The summed E-state index contributed by atoms with van der Waals surface area (Å²) in [4.78, 5) is 15.4. The van der Waals surface area contributed by atoms with Gasteiger partial charge in [-0.1, -0.05) is 11.6 Å². The van der Waals surface area contributed by atoms with Gasteiger partial charge < -0.3 is 9.64 Å². The van der Waals surface area contributed by atoms with Crippen LogP contribution in [0.1, 0.15) is 5.56 Å². The van der Waals surface area contributed by atoms with Crippen molar-refractivity contribution < 1.29 is 9.53 Å². The summed E-state index contributed by atoms with van der Waals surface area (Å²) in [5, 5.41) is 9.73. The van der Waals surface area contributed by atoms with Crippen molar-refractivity contribution in [2.45, 2.75) is 0 Å². The lowest BCUT2D eigenvalue weighted by molar-refractivity contribution is -0.142. The van der Waals surface area contributed by atoms with Crippen LogP contribution in [-0.2, 0) is 9.53 Å². The standard InChI is InChI=1S/C14H16ClN3O2/c1-20-14(19)10-17-4-6-18(7-5-17)13-3-2-12(15)8-11(13)9-16/h2-3,8H,4-7,10H2,1H3. The van der Waals surface area contributed by atoms with Crippen LogP contribution in [0.5, 0.6) is 0 Å². The number of ether oxygens (including phenoxy) is 1. The Balaban J connectivity index is 2.01. The largest absolute Gasteiger partial charge is 0.468 e. The van der Waals surface area contributed by atoms with Gasteiger partial charge in [0.1, 0.15) is 6.07 Å². The van der Waals surface area contributed by atoms with E-state index in [-0.39, 0.29) is 5.97 Å². The average Bonchev–Trinajstić information content (AvgIpc) is 2.48. The van der Waals surface area contributed by atoms with E-state index in [9.17, 15) is 4.79 Å². The van der Waals surface area contributed by atoms with E-state index in [1.807, 2.05) is 11.0 Å². The molecule has 1 aromatic rings. The first-order valence-electron chi connectivity index (χ1n) is 6.38. The topological polar surface area (TPSA) is 56.6 Å². The molecule has 106 valence electrons. The Bertz CT molecular complexity index is 534. The van der Waals surface area contributed by atoms with Gasteiger partial charge >= 0.3 is 5.97 Å². The van der Waals surface area contributed by atoms with Crippen LogP contribution >= 0.6 is 11.6 Å². The lowest BCUT2D eigenvalue weighted by Gasteiger charge is -2.35. The maximum absolute atomic E-state index is 11.2. The maximum Gasteiger partial charge on any atom is 0.319 e. The molecule has 20 heavy (non-hydrogen) atoms. The summed E-state index contributed by atoms with van der Waals surface area (Å²) in [5.41, 5.74) is 1.48. The maximum atomic E-state index is 11.2. The summed E-state index contributed by atoms with van der Waals surface area (Å²) in [6.07, 6.45) is 0. The number of rotatable bonds is 3. The Hall–Kier alpha value is -1.77. The second-order valence-electron chi connectivity index (χ2n) is 4.61. The molecule has 0 atom stereocenters. The van der Waals surface area contributed by atoms with Crippen molar-refractivity contribution in [2.24, 2.45) is 0 Å². The third kappa shape index (κ3) is 3.41. The van der Waals surface area contributed by atoms with E-state index in [0.717, 1.165) is 31.9 Å². The third-order valence-corrected chi connectivity index (χ3v) is 3.61. The summed E-state index contributed by atoms with van der Waals surface area (Å²) in [6.45, 7) is 3.39. The molecule has 0 aliphatic carbocycles. The average molecular weight is 294 g/mol. The van der Waals surface area contributed by atoms with Crippen LogP contribution in [0.3, 0.4) is 0 Å². The summed E-state index contributed by atoms with van der Waals surface area (Å²) in [6, 6.07) is 7.51. The van der Waals surface area contributed by atoms with E-state index in [1.54, 1.807) is 12.1 Å². The molecule has 1 aromatic carbocycles. The molecular weight excluding hydrogens is 278 g/mol. The second-order valence-corrected chi connectivity index (χ2v) is 5.05. The molecular formula is C14H16ClN3O2. The van der Waals surface area contributed by atoms with Gasteiger partial charge in [-0.15, -0.1) is 0 Å². The van der Waals surface area contributed by atoms with Gasteiger partial charge in [-0.2, -0.15) is 5.26 Å². The van der Waals surface area contributed by atoms with Crippen LogP contribution in [0.2, 0.25) is 5.02 Å². The zero-order valence-electron chi connectivity index (χ0n) is 11.3. The fourth-order valence-electron chi connectivity index (χ4n) is 2.27. The number of carbonyl (C=O) groups excluding carboxylic acids is 1. The zero-order valence-corrected chi connectivity index (χ0v) is 12.1. The number of halogens is 1. The normalized spacial score (nSPS) is 15.8. The number of methoxy groups -OCH3 is 1. The fraction of sp³-hybridized carbons (Fsp3) is 0.429. The SMILES string of the molecule is COC(=O)CN1CCN(c2ccc(Cl)cc2C#N)CC1. The van der Waals surface area contributed by atoms with Crippen LogP contribution in [0, 0.1) is 11.3 Å². The molecule has 1 aliphatic heterocycles. The Morgan fingerprint density at radius 2 is 2.10 bits per heavy atom. The van der Waals surface area contributed by atoms with E-state index in [2.05, 4.69) is 15.7 Å². The third-order valence-electron chi connectivity index (χ3n) is 3.37. The van der Waals surface area contributed by atoms with Crippen LogP contribution in [0.25, 0.3) is 0 Å². The number of esters is 1. The lowest BCUT2D eigenvalue weighted by Crippen LogP contribution is -2.48. The van der Waals surface area contributed by atoms with Gasteiger partial charge in [-0.05, 0) is 18.2 Å². The van der Waals surface area contributed by atoms with Crippen LogP contribution < -0.4 is 4.90 Å². The van der Waals surface area contributed by atoms with E-state index < -0.39 is 0 Å². The predicted octanol–water partition coefficient (Wildman–Crippen LogP) is 1.51. The second kappa shape index (κ2) is 6.60. The molecule has 1 fully saturated rings. The van der Waals surface area contributed by atoms with Crippen molar-refractivity contribution in [3.63, 3.8) is 0 Å². The van der Waals surface area contributed by atoms with Gasteiger partial charge in [0.2, 0.25) is 0 Å². The van der Waals surface area contributed by atoms with Crippen molar-refractivity contribution in [2.75, 3.05) is 44.7 Å². The van der Waals surface area contributed by atoms with Gasteiger partial charge in [0.25, 0.3) is 0 Å². The number of anilines is 1. The number of benzene rings is 1. The number of nitrogens with zero attached hydrogens (tertiary/aromatic N) is 3. The van der Waals surface area contributed by atoms with Gasteiger partial charge in [-0.25, -0.2) is 0 Å². The Morgan fingerprint density at radius 1 is 1.40 bits per heavy atom. The molecule has 0 spiro atoms. The number of piperazine rings is 1. The first-order valence-corrected chi connectivity index (χ1v) is 6.75. The van der Waals surface area contributed by atoms with Crippen molar-refractivity contribution in [1.82, 2.24) is 4.90 Å². The predicted molar refractivity (Wildman–Crippen MR) is 76.8 cm³/mol. The van der Waals surface area contributed by atoms with Crippen molar-refractivity contribution in [1.29, 1.82) is 5.26 Å². The minimum Gasteiger partial charge on any atom is -0.468 e. The van der Waals surface area contributed by atoms with Gasteiger partial charge in [0.15, 0.2) is 0 Å². The highest BCUT2D eigenvalue weighted by atomic mass is 35.5. The summed E-state index contributed by atoms with van der Waals surface area (Å²) in [7, 11) is 1.39. The number of carbonyl (C=O) groups is 1. The van der Waals surface area contributed by atoms with E-state index in [0.29, 0.717) is 17.1 Å². The molecule has 1 saturated heterocycles. The van der Waals surface area contributed by atoms with Crippen LogP contribution in [0.4, 0.5) is 5.69 Å². The molecule has 0 radical (unpaired) electrons. The van der Waals surface area contributed by atoms with Crippen LogP contribution in [-0.4, -0.2) is 50.7 Å². The Morgan fingerprint density at radius 3 is 2.70 bits per heavy atom. The molecule has 1 aliphatic rings. The molecule has 0 unspecified atom stereocenters. The smallest absolute Gasteiger partial charge is 0.319 e. The Labute approximate surface area is 123 Å². The number of hydrogen-bond donors (Lipinski definition) is 0. The molecule has 0 N–H and O–H groups in total. The minimum absolute atomic E-state index is 0.220. The van der Waals surface area contributed by atoms with Gasteiger partial charge in [0.05, 0.1) is 24.9 Å². The fourth-order valence-corrected chi connectivity index (χ4v) is 2.44. The first-order chi connectivity index (χ1) is 9.63. The van der Waals surface area contributed by atoms with Crippen molar-refractivity contribution >= 4 is 23.3 Å². The highest BCUT2D eigenvalue weighted by molar-refractivity contribution is 6.30. The molecule has 0 saturated carbocycles. The highest BCUT2D eigenvalue weighted by Gasteiger charge is 2.21. The summed E-state index contributed by atoms with van der Waals surface area (Å²) < 4.78 is 4.66. The number of nitriles is 1. The highest BCUT2D eigenvalue weighted by Crippen LogP contribution is 2.24. The van der Waals surface area contributed by atoms with Gasteiger partial charge in [0, 0.05) is 31.2 Å². The van der Waals surface area contributed by atoms with Crippen molar-refractivity contribution in [3.05, 3.63) is 28.8 Å². The molecule has 6 heteroatoms. The van der Waals surface area contributed by atoms with E-state index in [4.69, 9.17) is 16.9 Å². The molecule has 2 rings (SSSR count). The molecule has 5 nitrogen and oxygen atoms in total. The lowest BCUT2D eigenvalue weighted by atomic mass is 10.1. The van der Waals surface area contributed by atoms with Crippen molar-refractivity contribution in [3.8, 4) is 6.07 Å². The molecule has 0 bridgehead atoms. The Kier molecular flexibility index (Phi) is 4.83. The quantitative estimate of drug-likeness (QED) is 0.791. The molecule has 0 aromatic heterocycles. The molecule has 1 heterocycles. The zero-order chi connectivity index (χ0) is 14.5. The first kappa shape index (κ1) is 14.6. The summed E-state index contributed by atoms with van der Waals surface area (Å²) >= 11 is 5.90. The molecule has 0 amide bonds. The monoisotopic (exact) mass is 293 g/mol. The minimum atomic E-state index is -0.220. The number of hydrogen-bond acceptors (Lipinski definition) is 5. The van der Waals surface area contributed by atoms with Crippen LogP contribution in [0.15, 0.2) is 18.2 Å². The van der Waals surface area contributed by atoms with E-state index >= 15 is 0 Å². The summed E-state index contributed by atoms with van der Waals surface area (Å²) in [5.74, 6) is -0.220. The van der Waals surface area contributed by atoms with Gasteiger partial charge in [-0.3, -0.25) is 9.69 Å².